The van der Waals surface area contributed by atoms with Crippen molar-refractivity contribution in [3.05, 3.63) is 0 Å². The number of carbonyl (C=O) groups is 2. The lowest BCUT2D eigenvalue weighted by atomic mass is 9.85. The molecule has 0 bridgehead atoms. The maximum absolute atomic E-state index is 11.4. The summed E-state index contributed by atoms with van der Waals surface area (Å²) >= 11 is 0. The number of nitrogens with one attached hydrogen (secondary N) is 2. The van der Waals surface area contributed by atoms with Crippen LogP contribution < -0.4 is 16.8 Å². The van der Waals surface area contributed by atoms with Crippen LogP contribution >= 0.6 is 46.9 Å². The van der Waals surface area contributed by atoms with E-state index in [0.717, 1.165) is 0 Å². The minimum atomic E-state index is -6.02. The number of carboxylic acids is 1. The Kier molecular flexibility index (Phi) is 21.4. The van der Waals surface area contributed by atoms with Crippen LogP contribution in [0.3, 0.4) is 0 Å². The Bertz CT molecular complexity index is 1240. The summed E-state index contributed by atoms with van der Waals surface area (Å²) in [7, 11) is -36.1. The van der Waals surface area contributed by atoms with Gasteiger partial charge < -0.3 is 90.8 Å². The molecule has 0 amide bonds. The molecule has 310 valence electrons. The van der Waals surface area contributed by atoms with E-state index in [2.05, 4.69) is 32.5 Å². The molecule has 0 aromatic rings. The summed E-state index contributed by atoms with van der Waals surface area (Å²) in [5, 5.41) is 31.7. The summed E-state index contributed by atoms with van der Waals surface area (Å²) in [6.45, 7) is 0.482. The Labute approximate surface area is 287 Å². The molecule has 33 nitrogen and oxygen atoms in total. The fourth-order valence-electron chi connectivity index (χ4n) is 3.46. The van der Waals surface area contributed by atoms with Crippen LogP contribution in [0.5, 0.6) is 0 Å². The molecule has 0 spiro atoms. The molecular formula is C13H34N4O29P6. The lowest BCUT2D eigenvalue weighted by Crippen LogP contribution is -2.66. The first-order valence-corrected chi connectivity index (χ1v) is 21.4. The van der Waals surface area contributed by atoms with Crippen molar-refractivity contribution in [2.24, 2.45) is 11.5 Å². The van der Waals surface area contributed by atoms with Crippen molar-refractivity contribution in [2.45, 2.75) is 55.5 Å². The van der Waals surface area contributed by atoms with Crippen LogP contribution in [0.2, 0.25) is 0 Å². The van der Waals surface area contributed by atoms with Gasteiger partial charge in [-0.05, 0) is 12.8 Å². The summed E-state index contributed by atoms with van der Waals surface area (Å²) < 4.78 is 93.1. The van der Waals surface area contributed by atoms with Gasteiger partial charge in [-0.25, -0.2) is 32.2 Å². The third-order valence-corrected chi connectivity index (χ3v) is 7.93. The molecular weight excluding hydrogens is 862 g/mol. The molecule has 0 radical (unpaired) electrons. The third kappa shape index (κ3) is 27.2. The predicted molar refractivity (Wildman–Crippen MR) is 157 cm³/mol. The van der Waals surface area contributed by atoms with Crippen LogP contribution in [-0.2, 0) is 59.3 Å². The number of rotatable bonds is 17. The molecule has 1 saturated carbocycles. The maximum Gasteiger partial charge on any atom is 0.503 e. The number of hydrogen-bond donors (Lipinski definition) is 19. The second-order valence-corrected chi connectivity index (χ2v) is 16.2. The fraction of sp³-hybridized carbons (Fsp3) is 0.769. The van der Waals surface area contributed by atoms with Crippen LogP contribution in [0.4, 0.5) is 4.79 Å². The highest BCUT2D eigenvalue weighted by Gasteiger charge is 2.62. The largest absolute Gasteiger partial charge is 0.503 e. The molecule has 52 heavy (non-hydrogen) atoms. The average molecular weight is 896 g/mol. The standard InChI is InChI=1S/C6H14N4O2.C6H18O24P6.CH2O3/c7-4(5(11)12)2-1-3-10-6(8)9;7-31(8,9)25-1-2(26-32(10,11)12)4(28-34(16,17)18)6(30-36(22,23)24)5(29-35(19,20)21)3(1)27-33(13,14)15;2-1(3)4/h4H,1-3,7H2,(H,11,12)(H4,8,9,10);1-6H,(H2,7,8,9)(H2,10,11,12)(H2,13,14,15)(H2,16,17,18)(H2,19,20,21)(H2,22,23,24);(H2,2,3,4)/t4-;1-,2-,3-,4+,5-,6-;/m0../s1. The van der Waals surface area contributed by atoms with Crippen molar-refractivity contribution < 1.29 is 138 Å². The molecule has 0 aromatic carbocycles. The zero-order valence-electron chi connectivity index (χ0n) is 24.9. The van der Waals surface area contributed by atoms with Gasteiger partial charge in [0.2, 0.25) is 0 Å². The minimum absolute atomic E-state index is 0.112. The molecule has 0 aliphatic heterocycles. The quantitative estimate of drug-likeness (QED) is 0.0284. The van der Waals surface area contributed by atoms with Crippen molar-refractivity contribution in [3.8, 4) is 0 Å². The molecule has 0 unspecified atom stereocenters. The third-order valence-electron chi connectivity index (χ3n) is 4.82. The summed E-state index contributed by atoms with van der Waals surface area (Å²) in [6.07, 6.45) is -19.7. The molecule has 21 N–H and O–H groups in total. The monoisotopic (exact) mass is 896 g/mol. The van der Waals surface area contributed by atoms with Crippen LogP contribution in [-0.4, -0.2) is 141 Å². The van der Waals surface area contributed by atoms with Crippen molar-refractivity contribution >= 4 is 65.0 Å². The summed E-state index contributed by atoms with van der Waals surface area (Å²) in [4.78, 5) is 128. The van der Waals surface area contributed by atoms with Crippen LogP contribution in [0, 0.1) is 5.41 Å². The molecule has 1 fully saturated rings. The topological polar surface area (TPSA) is 583 Å². The van der Waals surface area contributed by atoms with Crippen molar-refractivity contribution in [3.63, 3.8) is 0 Å². The molecule has 0 saturated heterocycles. The maximum atomic E-state index is 11.4. The Morgan fingerprint density at radius 2 is 0.750 bits per heavy atom. The van der Waals surface area contributed by atoms with Crippen LogP contribution in [0.25, 0.3) is 0 Å². The van der Waals surface area contributed by atoms with Gasteiger partial charge in [0.1, 0.15) is 42.7 Å². The van der Waals surface area contributed by atoms with E-state index in [1.54, 1.807) is 0 Å². The molecule has 1 aliphatic rings. The van der Waals surface area contributed by atoms with Crippen molar-refractivity contribution in [1.82, 2.24) is 5.32 Å². The molecule has 1 aliphatic carbocycles. The Hall–Kier alpha value is -1.37. The van der Waals surface area contributed by atoms with E-state index in [1.807, 2.05) is 0 Å². The number of guanidine groups is 1. The van der Waals surface area contributed by atoms with Crippen LogP contribution in [0.15, 0.2) is 0 Å². The van der Waals surface area contributed by atoms with Gasteiger partial charge in [-0.2, -0.15) is 0 Å². The predicted octanol–water partition coefficient (Wildman–Crippen LogP) is -4.25. The number of hydrogen-bond acceptors (Lipinski definition) is 16. The summed E-state index contributed by atoms with van der Waals surface area (Å²) in [5.41, 5.74) is 10.2. The lowest BCUT2D eigenvalue weighted by molar-refractivity contribution is -0.202. The SMILES string of the molecule is N=C(N)NCCC[C@H](N)C(=O)O.O=C(O)O.O=P(O)(O)O[C@H]1[C@H](OP(=O)(O)O)[C@@H](OP(=O)(O)O)[C@H](OP(=O)(O)O)[C@@H](OP(=O)(O)O)[C@H]1OP(=O)(O)O. The first-order chi connectivity index (χ1) is 22.8. The summed E-state index contributed by atoms with van der Waals surface area (Å²) in [5.74, 6) is -1.11. The van der Waals surface area contributed by atoms with E-state index in [-0.39, 0.29) is 5.96 Å². The van der Waals surface area contributed by atoms with Gasteiger partial charge in [-0.1, -0.05) is 0 Å². The van der Waals surface area contributed by atoms with Gasteiger partial charge in [0.15, 0.2) is 5.96 Å². The zero-order chi connectivity index (χ0) is 41.8. The summed E-state index contributed by atoms with van der Waals surface area (Å²) in [6, 6.07) is -0.821. The second kappa shape index (κ2) is 21.1. The number of aliphatic carboxylic acids is 1. The minimum Gasteiger partial charge on any atom is -0.480 e. The first-order valence-electron chi connectivity index (χ1n) is 12.3. The number of nitrogens with two attached hydrogens (primary N) is 2. The highest BCUT2D eigenvalue weighted by molar-refractivity contribution is 7.47. The molecule has 1 atom stereocenters. The van der Waals surface area contributed by atoms with Crippen molar-refractivity contribution in [1.29, 1.82) is 5.41 Å². The van der Waals surface area contributed by atoms with E-state index in [0.29, 0.717) is 19.4 Å². The molecule has 0 heterocycles. The molecule has 1 rings (SSSR count). The fourth-order valence-corrected chi connectivity index (χ4v) is 6.80. The van der Waals surface area contributed by atoms with E-state index in [1.165, 1.54) is 0 Å². The highest BCUT2D eigenvalue weighted by atomic mass is 31.2. The van der Waals surface area contributed by atoms with Gasteiger partial charge in [0.25, 0.3) is 0 Å². The first kappa shape index (κ1) is 52.7. The smallest absolute Gasteiger partial charge is 0.480 e. The van der Waals surface area contributed by atoms with E-state index >= 15 is 0 Å². The normalized spacial score (nSPS) is 23.6. The number of carboxylic acid groups (broad SMARTS) is 3. The van der Waals surface area contributed by atoms with Crippen molar-refractivity contribution in [2.75, 3.05) is 6.54 Å². The Balaban J connectivity index is 0. The highest BCUT2D eigenvalue weighted by Crippen LogP contribution is 2.57. The van der Waals surface area contributed by atoms with Gasteiger partial charge in [0.05, 0.1) is 0 Å². The van der Waals surface area contributed by atoms with Gasteiger partial charge in [-0.15, -0.1) is 0 Å². The van der Waals surface area contributed by atoms with E-state index in [9.17, 15) is 32.2 Å². The van der Waals surface area contributed by atoms with Gasteiger partial charge >= 0.3 is 59.1 Å². The Morgan fingerprint density at radius 3 is 0.885 bits per heavy atom. The average Bonchev–Trinajstić information content (AvgIpc) is 2.84. The van der Waals surface area contributed by atoms with E-state index < -0.39 is 102 Å². The van der Waals surface area contributed by atoms with Gasteiger partial charge in [-0.3, -0.25) is 37.3 Å². The zero-order valence-corrected chi connectivity index (χ0v) is 30.3. The lowest BCUT2D eigenvalue weighted by Gasteiger charge is -2.48. The molecule has 0 aromatic heterocycles. The van der Waals surface area contributed by atoms with Gasteiger partial charge in [0, 0.05) is 6.54 Å². The van der Waals surface area contributed by atoms with Crippen LogP contribution in [0.1, 0.15) is 12.8 Å². The van der Waals surface area contributed by atoms with E-state index in [4.69, 9.17) is 95.7 Å². The molecule has 39 heteroatoms. The second-order valence-electron chi connectivity index (χ2n) is 9.07. The number of phosphoric ester groups is 6. The number of phosphoric acid groups is 6. The Morgan fingerprint density at radius 1 is 0.558 bits per heavy atom.